The minimum atomic E-state index is 0.0961. The second-order valence-corrected chi connectivity index (χ2v) is 3.51. The van der Waals surface area contributed by atoms with E-state index >= 15 is 0 Å². The molecule has 0 radical (unpaired) electrons. The Bertz CT molecular complexity index is 525. The molecule has 1 aliphatic rings. The first kappa shape index (κ1) is 12.9. The molecule has 0 spiro atoms. The number of benzene rings is 1. The van der Waals surface area contributed by atoms with Crippen molar-refractivity contribution in [3.8, 4) is 0 Å². The lowest BCUT2D eigenvalue weighted by atomic mass is 10.1. The molecule has 0 atom stereocenters. The lowest BCUT2D eigenvalue weighted by Gasteiger charge is -2.12. The number of amidine groups is 1. The molecule has 0 aliphatic carbocycles. The molecule has 19 heavy (non-hydrogen) atoms. The predicted molar refractivity (Wildman–Crippen MR) is 68.7 cm³/mol. The maximum Gasteiger partial charge on any atom is 0.353 e. The van der Waals surface area contributed by atoms with Crippen LogP contribution in [0.1, 0.15) is 11.1 Å². The monoisotopic (exact) mass is 263 g/mol. The average Bonchev–Trinajstić information content (AvgIpc) is 2.47. The molecule has 1 N–H and O–H groups in total. The third-order valence-corrected chi connectivity index (χ3v) is 2.33. The molecule has 0 fully saturated rings. The van der Waals surface area contributed by atoms with Crippen LogP contribution in [-0.2, 0) is 14.3 Å². The van der Waals surface area contributed by atoms with Crippen LogP contribution in [-0.4, -0.2) is 43.7 Å². The first-order valence-corrected chi connectivity index (χ1v) is 5.57. The molecule has 1 aromatic rings. The number of rotatable bonds is 2. The van der Waals surface area contributed by atoms with E-state index in [1.54, 1.807) is 12.1 Å². The summed E-state index contributed by atoms with van der Waals surface area (Å²) in [4.78, 5) is 9.00. The zero-order valence-electron chi connectivity index (χ0n) is 10.3. The van der Waals surface area contributed by atoms with Crippen molar-refractivity contribution in [2.75, 3.05) is 20.3 Å². The van der Waals surface area contributed by atoms with E-state index in [1.165, 1.54) is 13.3 Å². The minimum absolute atomic E-state index is 0.0961. The van der Waals surface area contributed by atoms with E-state index in [4.69, 9.17) is 19.5 Å². The van der Waals surface area contributed by atoms with Crippen LogP contribution >= 0.6 is 0 Å². The van der Waals surface area contributed by atoms with Crippen molar-refractivity contribution in [3.63, 3.8) is 0 Å². The second kappa shape index (κ2) is 6.39. The fourth-order valence-electron chi connectivity index (χ4n) is 1.52. The molecule has 7 nitrogen and oxygen atoms in total. The molecule has 7 heteroatoms. The summed E-state index contributed by atoms with van der Waals surface area (Å²) in [7, 11) is 1.48. The van der Waals surface area contributed by atoms with Gasteiger partial charge in [0.1, 0.15) is 6.61 Å². The highest BCUT2D eigenvalue weighted by Crippen LogP contribution is 2.10. The van der Waals surface area contributed by atoms with Gasteiger partial charge >= 0.3 is 6.02 Å². The van der Waals surface area contributed by atoms with E-state index in [2.05, 4.69) is 15.3 Å². The molecule has 2 rings (SSSR count). The summed E-state index contributed by atoms with van der Waals surface area (Å²) in [6.45, 7) is 0.786. The number of hydrogen-bond acceptors (Lipinski definition) is 7. The molecule has 1 heterocycles. The normalized spacial score (nSPS) is 15.6. The Morgan fingerprint density at radius 3 is 2.95 bits per heavy atom. The Hall–Kier alpha value is -2.57. The fourth-order valence-corrected chi connectivity index (χ4v) is 1.52. The average molecular weight is 263 g/mol. The Morgan fingerprint density at radius 2 is 2.26 bits per heavy atom. The van der Waals surface area contributed by atoms with Crippen LogP contribution in [0.2, 0.25) is 0 Å². The lowest BCUT2D eigenvalue weighted by Crippen LogP contribution is -2.17. The number of methoxy groups -OCH3 is 1. The molecule has 0 amide bonds. The summed E-state index contributed by atoms with van der Waals surface area (Å²) in [6.07, 6.45) is 1.30. The topological polar surface area (TPSA) is 85.0 Å². The van der Waals surface area contributed by atoms with E-state index < -0.39 is 0 Å². The molecule has 0 aromatic heterocycles. The third-order valence-electron chi connectivity index (χ3n) is 2.33. The number of nitrogens with zero attached hydrogens (tertiary/aromatic N) is 3. The van der Waals surface area contributed by atoms with Crippen molar-refractivity contribution < 1.29 is 19.5 Å². The van der Waals surface area contributed by atoms with Gasteiger partial charge in [-0.3, -0.25) is 0 Å². The first-order chi connectivity index (χ1) is 9.35. The van der Waals surface area contributed by atoms with Gasteiger partial charge in [0.25, 0.3) is 0 Å². The van der Waals surface area contributed by atoms with Crippen LogP contribution in [0.4, 0.5) is 0 Å². The summed E-state index contributed by atoms with van der Waals surface area (Å²) in [6, 6.07) is 7.27. The molecule has 0 saturated heterocycles. The van der Waals surface area contributed by atoms with Crippen LogP contribution in [0.15, 0.2) is 39.6 Å². The molecular formula is C12H13N3O4. The summed E-state index contributed by atoms with van der Waals surface area (Å²) < 4.78 is 10.4. The molecule has 0 saturated carbocycles. The van der Waals surface area contributed by atoms with Gasteiger partial charge in [0.2, 0.25) is 5.90 Å². The van der Waals surface area contributed by atoms with Gasteiger partial charge in [-0.05, 0) is 11.2 Å². The van der Waals surface area contributed by atoms with E-state index in [9.17, 15) is 0 Å². The molecule has 1 aromatic carbocycles. The second-order valence-electron chi connectivity index (χ2n) is 3.51. The zero-order chi connectivity index (χ0) is 13.5. The molecule has 0 bridgehead atoms. The van der Waals surface area contributed by atoms with Crippen molar-refractivity contribution in [3.05, 3.63) is 35.4 Å². The fraction of sp³-hybridized carbons (Fsp3) is 0.250. The van der Waals surface area contributed by atoms with Gasteiger partial charge in [-0.15, -0.1) is 0 Å². The summed E-state index contributed by atoms with van der Waals surface area (Å²) >= 11 is 0. The van der Waals surface area contributed by atoms with Crippen LogP contribution in [0.5, 0.6) is 0 Å². The highest BCUT2D eigenvalue weighted by Gasteiger charge is 2.13. The van der Waals surface area contributed by atoms with Gasteiger partial charge in [0.05, 0.1) is 13.3 Å². The Balaban J connectivity index is 2.36. The lowest BCUT2D eigenvalue weighted by molar-refractivity contribution is 0.0629. The third kappa shape index (κ3) is 3.21. The number of hydrogen-bond donors (Lipinski definition) is 1. The standard InChI is InChI=1S/C12H13N3O4/c1-17-11(14-12-15-19-7-6-18-12)10-5-3-2-4-9(10)8-13-16/h2-5,8,16H,6-7H2,1H3. The number of oxime groups is 2. The van der Waals surface area contributed by atoms with Gasteiger partial charge in [0.15, 0.2) is 6.61 Å². The molecule has 100 valence electrons. The summed E-state index contributed by atoms with van der Waals surface area (Å²) in [5.41, 5.74) is 1.31. The molecule has 0 unspecified atom stereocenters. The Labute approximate surface area is 109 Å². The van der Waals surface area contributed by atoms with E-state index in [-0.39, 0.29) is 6.02 Å². The molecular weight excluding hydrogens is 250 g/mol. The number of ether oxygens (including phenoxy) is 2. The van der Waals surface area contributed by atoms with Crippen molar-refractivity contribution >= 4 is 18.1 Å². The van der Waals surface area contributed by atoms with Crippen molar-refractivity contribution in [1.29, 1.82) is 0 Å². The highest BCUT2D eigenvalue weighted by atomic mass is 16.7. The quantitative estimate of drug-likeness (QED) is 0.376. The van der Waals surface area contributed by atoms with Gasteiger partial charge < -0.3 is 19.5 Å². The number of aliphatic imine (C=N–C) groups is 1. The van der Waals surface area contributed by atoms with E-state index in [0.29, 0.717) is 30.2 Å². The van der Waals surface area contributed by atoms with E-state index in [0.717, 1.165) is 0 Å². The van der Waals surface area contributed by atoms with Gasteiger partial charge in [-0.25, -0.2) is 0 Å². The minimum Gasteiger partial charge on any atom is -0.480 e. The van der Waals surface area contributed by atoms with Crippen LogP contribution in [0.25, 0.3) is 0 Å². The van der Waals surface area contributed by atoms with E-state index in [1.807, 2.05) is 12.1 Å². The maximum atomic E-state index is 8.64. The zero-order valence-corrected chi connectivity index (χ0v) is 10.3. The van der Waals surface area contributed by atoms with Gasteiger partial charge in [-0.1, -0.05) is 23.4 Å². The van der Waals surface area contributed by atoms with Crippen molar-refractivity contribution in [2.45, 2.75) is 0 Å². The molecule has 1 aliphatic heterocycles. The van der Waals surface area contributed by atoms with Crippen molar-refractivity contribution in [1.82, 2.24) is 0 Å². The largest absolute Gasteiger partial charge is 0.480 e. The van der Waals surface area contributed by atoms with Crippen LogP contribution in [0.3, 0.4) is 0 Å². The smallest absolute Gasteiger partial charge is 0.353 e. The van der Waals surface area contributed by atoms with Crippen LogP contribution in [0, 0.1) is 0 Å². The Morgan fingerprint density at radius 1 is 1.42 bits per heavy atom. The first-order valence-electron chi connectivity index (χ1n) is 5.57. The summed E-state index contributed by atoms with van der Waals surface area (Å²) in [5.74, 6) is 0.291. The predicted octanol–water partition coefficient (Wildman–Crippen LogP) is 1.21. The van der Waals surface area contributed by atoms with Crippen molar-refractivity contribution in [2.24, 2.45) is 15.3 Å². The SMILES string of the molecule is COC(=NC1=NOCCO1)c1ccccc1C=NO. The maximum absolute atomic E-state index is 8.64. The van der Waals surface area contributed by atoms with Crippen LogP contribution < -0.4 is 0 Å². The van der Waals surface area contributed by atoms with Gasteiger partial charge in [0, 0.05) is 11.1 Å². The Kier molecular flexibility index (Phi) is 4.33. The summed E-state index contributed by atoms with van der Waals surface area (Å²) in [5, 5.41) is 15.3. The van der Waals surface area contributed by atoms with Gasteiger partial charge in [-0.2, -0.15) is 4.99 Å². The highest BCUT2D eigenvalue weighted by molar-refractivity contribution is 6.06.